The second-order valence-corrected chi connectivity index (χ2v) is 19.0. The summed E-state index contributed by atoms with van der Waals surface area (Å²) in [4.78, 5) is 68.1. The molecule has 5 saturated carbocycles. The van der Waals surface area contributed by atoms with Crippen molar-refractivity contribution >= 4 is 29.7 Å². The molecule has 3 aliphatic heterocycles. The van der Waals surface area contributed by atoms with Crippen LogP contribution in [0.2, 0.25) is 0 Å². The first-order valence-corrected chi connectivity index (χ1v) is 18.5. The number of hydrogen-bond donors (Lipinski definition) is 2. The maximum absolute atomic E-state index is 15.1. The van der Waals surface area contributed by atoms with E-state index in [1.54, 1.807) is 27.7 Å². The van der Waals surface area contributed by atoms with Crippen molar-refractivity contribution in [2.24, 2.45) is 69.0 Å². The van der Waals surface area contributed by atoms with E-state index < -0.39 is 135 Å². The zero-order valence-electron chi connectivity index (χ0n) is 31.3. The van der Waals surface area contributed by atoms with Gasteiger partial charge in [0.25, 0.3) is 0 Å². The Balaban J connectivity index is 1.37. The van der Waals surface area contributed by atoms with Crippen molar-refractivity contribution in [3.05, 3.63) is 0 Å². The van der Waals surface area contributed by atoms with E-state index in [4.69, 9.17) is 28.4 Å². The third-order valence-corrected chi connectivity index (χ3v) is 15.6. The number of carbonyl (C=O) groups excluding carboxylic acids is 5. The first kappa shape index (κ1) is 35.4. The summed E-state index contributed by atoms with van der Waals surface area (Å²) in [5.41, 5.74) is -6.62. The Bertz CT molecular complexity index is 1630. The van der Waals surface area contributed by atoms with Gasteiger partial charge in [-0.15, -0.1) is 0 Å². The zero-order chi connectivity index (χ0) is 37.5. The van der Waals surface area contributed by atoms with Crippen LogP contribution < -0.4 is 0 Å². The largest absolute Gasteiger partial charge is 0.462 e. The van der Waals surface area contributed by atoms with Gasteiger partial charge in [0, 0.05) is 48.3 Å². The average molecular weight is 717 g/mol. The van der Waals surface area contributed by atoms with Gasteiger partial charge in [-0.25, -0.2) is 4.79 Å². The lowest BCUT2D eigenvalue weighted by Crippen LogP contribution is -2.73. The number of aliphatic hydroxyl groups is 2. The molecule has 282 valence electrons. The molecule has 2 N–H and O–H groups in total. The molecule has 0 aromatic carbocycles. The topological polar surface area (TPSA) is 188 Å². The van der Waals surface area contributed by atoms with Crippen LogP contribution in [0.25, 0.3) is 0 Å². The van der Waals surface area contributed by atoms with E-state index in [0.29, 0.717) is 6.42 Å². The van der Waals surface area contributed by atoms with E-state index in [9.17, 15) is 29.4 Å². The fraction of sp³-hybridized carbons (Fsp3) is 0.868. The van der Waals surface area contributed by atoms with E-state index >= 15 is 4.79 Å². The van der Waals surface area contributed by atoms with Crippen molar-refractivity contribution < 1.29 is 62.6 Å². The van der Waals surface area contributed by atoms with Crippen molar-refractivity contribution in [1.82, 2.24) is 0 Å². The van der Waals surface area contributed by atoms with E-state index in [0.717, 1.165) is 0 Å². The molecule has 3 saturated heterocycles. The number of ketones is 1. The summed E-state index contributed by atoms with van der Waals surface area (Å²) >= 11 is 0. The summed E-state index contributed by atoms with van der Waals surface area (Å²) < 4.78 is 36.9. The quantitative estimate of drug-likeness (QED) is 0.246. The summed E-state index contributed by atoms with van der Waals surface area (Å²) in [6.07, 6.45) is -5.29. The maximum Gasteiger partial charge on any atom is 0.341 e. The Morgan fingerprint density at radius 3 is 2.04 bits per heavy atom. The molecular weight excluding hydrogens is 664 g/mol. The van der Waals surface area contributed by atoms with E-state index in [1.807, 2.05) is 27.7 Å². The predicted molar refractivity (Wildman–Crippen MR) is 173 cm³/mol. The van der Waals surface area contributed by atoms with Crippen LogP contribution >= 0.6 is 0 Å². The monoisotopic (exact) mass is 716 g/mol. The Kier molecular flexibility index (Phi) is 7.03. The van der Waals surface area contributed by atoms with Crippen molar-refractivity contribution in [3.63, 3.8) is 0 Å². The second kappa shape index (κ2) is 10.1. The summed E-state index contributed by atoms with van der Waals surface area (Å²) in [6.45, 7) is 18.7. The molecule has 3 heterocycles. The minimum absolute atomic E-state index is 0.314. The van der Waals surface area contributed by atoms with Crippen LogP contribution in [-0.2, 0) is 52.4 Å². The van der Waals surface area contributed by atoms with E-state index in [-0.39, 0.29) is 17.8 Å². The standard InChI is InChI=1S/C38H52O13/c1-13-20-19(27(49-31(43)33(5,6)7)24(41)17-12-18-26(48-18)30(34(17,20)8)47-16(4)40)22-25(42)23-21(35(22,9)28(13)46-15(3)39)14(2)29-38(50-29)36(23,10)37(11,45)32(44)51-38/h13-14,17-23,25-30,42,45H,12H2,1-11H3/t13-,14-,17+,18-,19+,20-,21-,22+,23-,25+,26-,27+,28-,29+,30-,34-,35+,36-,37+,38-/m0/s1. The zero-order valence-corrected chi connectivity index (χ0v) is 31.3. The van der Waals surface area contributed by atoms with Gasteiger partial charge in [-0.2, -0.15) is 0 Å². The molecule has 8 fully saturated rings. The minimum Gasteiger partial charge on any atom is -0.462 e. The van der Waals surface area contributed by atoms with Gasteiger partial charge >= 0.3 is 23.9 Å². The van der Waals surface area contributed by atoms with E-state index in [1.165, 1.54) is 20.8 Å². The number of carbonyl (C=O) groups is 5. The number of rotatable bonds is 3. The molecule has 0 radical (unpaired) electrons. The lowest BCUT2D eigenvalue weighted by atomic mass is 9.39. The lowest BCUT2D eigenvalue weighted by Gasteiger charge is -2.66. The maximum atomic E-state index is 15.1. The number of ether oxygens (including phenoxy) is 6. The van der Waals surface area contributed by atoms with Crippen LogP contribution in [0.15, 0.2) is 0 Å². The highest BCUT2D eigenvalue weighted by atomic mass is 16.8. The smallest absolute Gasteiger partial charge is 0.341 e. The molecule has 5 aliphatic carbocycles. The average Bonchev–Trinajstić information content (AvgIpc) is 3.91. The molecule has 20 atom stereocenters. The molecule has 1 spiro atoms. The summed E-state index contributed by atoms with van der Waals surface area (Å²) in [6, 6.07) is 0. The van der Waals surface area contributed by atoms with Gasteiger partial charge in [0.1, 0.15) is 24.4 Å². The van der Waals surface area contributed by atoms with Gasteiger partial charge in [0.2, 0.25) is 5.79 Å². The van der Waals surface area contributed by atoms with Gasteiger partial charge < -0.3 is 38.6 Å². The molecule has 51 heavy (non-hydrogen) atoms. The lowest BCUT2D eigenvalue weighted by molar-refractivity contribution is -0.256. The summed E-state index contributed by atoms with van der Waals surface area (Å²) in [5, 5.41) is 25.0. The molecule has 0 aromatic rings. The number of fused-ring (bicyclic) bond motifs is 9. The first-order valence-electron chi connectivity index (χ1n) is 18.5. The molecule has 0 unspecified atom stereocenters. The van der Waals surface area contributed by atoms with Crippen LogP contribution in [0.4, 0.5) is 0 Å². The molecule has 8 aliphatic rings. The molecule has 0 bridgehead atoms. The molecule has 13 nitrogen and oxygen atoms in total. The number of esters is 4. The van der Waals surface area contributed by atoms with Gasteiger partial charge in [-0.05, 0) is 64.7 Å². The molecular formula is C38H52O13. The number of hydrogen-bond acceptors (Lipinski definition) is 13. The Labute approximate surface area is 297 Å². The number of Topliss-reactive ketones (excluding diaryl/α,β-unsaturated/α-hetero) is 1. The van der Waals surface area contributed by atoms with Gasteiger partial charge in [-0.3, -0.25) is 19.2 Å². The van der Waals surface area contributed by atoms with Crippen molar-refractivity contribution in [2.75, 3.05) is 0 Å². The SMILES string of the molecule is CC(=O)O[C@H]1[C@@H](C)[C@H]2[C@H]([C@@H]3[C@@H](O)[C@@H]4[C@H]([C@H](C)[C@H]5O[C@]56OC(=O)[C@@](C)(O)[C@]46C)[C@]31C)[C@@H](OC(=O)C(C)(C)C)C(=O)[C@H]1C[C@@H]3O[C@@H]3[C@H](OC(C)=O)[C@]21C. The Morgan fingerprint density at radius 2 is 1.45 bits per heavy atom. The number of epoxide rings is 2. The molecule has 13 heteroatoms. The van der Waals surface area contributed by atoms with E-state index in [2.05, 4.69) is 0 Å². The summed E-state index contributed by atoms with van der Waals surface area (Å²) in [7, 11) is 0. The van der Waals surface area contributed by atoms with Gasteiger partial charge in [-0.1, -0.05) is 27.7 Å². The van der Waals surface area contributed by atoms with Crippen LogP contribution in [0.1, 0.15) is 82.6 Å². The molecule has 0 aromatic heterocycles. The van der Waals surface area contributed by atoms with Crippen molar-refractivity contribution in [2.45, 2.75) is 137 Å². The Morgan fingerprint density at radius 1 is 0.843 bits per heavy atom. The van der Waals surface area contributed by atoms with Gasteiger partial charge in [0.15, 0.2) is 17.5 Å². The van der Waals surface area contributed by atoms with Crippen molar-refractivity contribution in [1.29, 1.82) is 0 Å². The fourth-order valence-electron chi connectivity index (χ4n) is 13.6. The molecule has 0 amide bonds. The highest BCUT2D eigenvalue weighted by Crippen LogP contribution is 2.81. The highest BCUT2D eigenvalue weighted by molar-refractivity contribution is 5.91. The first-order chi connectivity index (χ1) is 23.4. The van der Waals surface area contributed by atoms with Crippen LogP contribution in [0, 0.1) is 69.0 Å². The van der Waals surface area contributed by atoms with Crippen LogP contribution in [0.5, 0.6) is 0 Å². The highest BCUT2D eigenvalue weighted by Gasteiger charge is 2.93. The van der Waals surface area contributed by atoms with Crippen molar-refractivity contribution in [3.8, 4) is 0 Å². The second-order valence-electron chi connectivity index (χ2n) is 19.0. The molecule has 8 rings (SSSR count). The van der Waals surface area contributed by atoms with Gasteiger partial charge in [0.05, 0.1) is 23.0 Å². The normalized spacial score (nSPS) is 57.2. The summed E-state index contributed by atoms with van der Waals surface area (Å²) in [5.74, 6) is -9.50. The van der Waals surface area contributed by atoms with Crippen LogP contribution in [-0.4, -0.2) is 94.0 Å². The third kappa shape index (κ3) is 3.94. The Hall–Kier alpha value is -2.61. The predicted octanol–water partition coefficient (Wildman–Crippen LogP) is 2.35. The fourth-order valence-corrected chi connectivity index (χ4v) is 13.6. The minimum atomic E-state index is -2.06. The van der Waals surface area contributed by atoms with Crippen LogP contribution in [0.3, 0.4) is 0 Å². The third-order valence-electron chi connectivity index (χ3n) is 15.6. The number of aliphatic hydroxyl groups excluding tert-OH is 1.